The third-order valence-corrected chi connectivity index (χ3v) is 4.45. The molecule has 0 unspecified atom stereocenters. The number of ether oxygens (including phenoxy) is 2. The Labute approximate surface area is 200 Å². The van der Waals surface area contributed by atoms with Gasteiger partial charge in [-0.15, -0.1) is 0 Å². The zero-order valence-electron chi connectivity index (χ0n) is 19.0. The van der Waals surface area contributed by atoms with Crippen LogP contribution in [0.5, 0.6) is 23.0 Å². The van der Waals surface area contributed by atoms with Crippen LogP contribution in [0.4, 0.5) is 0 Å². The van der Waals surface area contributed by atoms with Crippen molar-refractivity contribution < 1.29 is 33.7 Å². The summed E-state index contributed by atoms with van der Waals surface area (Å²) >= 11 is 0. The van der Waals surface area contributed by atoms with E-state index in [9.17, 15) is 19.8 Å². The molecule has 0 spiro atoms. The van der Waals surface area contributed by atoms with Gasteiger partial charge in [0.25, 0.3) is 0 Å². The molecule has 0 fully saturated rings. The number of phenolic OH excluding ortho intramolecular Hbond substituents is 2. The van der Waals surface area contributed by atoms with Gasteiger partial charge in [-0.2, -0.15) is 10.2 Å². The van der Waals surface area contributed by atoms with Gasteiger partial charge in [-0.25, -0.2) is 10.9 Å². The third-order valence-electron chi connectivity index (χ3n) is 4.45. The molecule has 11 heteroatoms. The fraction of sp³-hybridized carbons (Fsp3) is 0.167. The summed E-state index contributed by atoms with van der Waals surface area (Å²) < 4.78 is 15.8. The minimum atomic E-state index is -0.707. The van der Waals surface area contributed by atoms with E-state index >= 15 is 0 Å². The van der Waals surface area contributed by atoms with E-state index in [4.69, 9.17) is 13.9 Å². The molecule has 35 heavy (non-hydrogen) atoms. The number of hydrazone groups is 2. The van der Waals surface area contributed by atoms with Crippen LogP contribution in [0.25, 0.3) is 0 Å². The zero-order valence-corrected chi connectivity index (χ0v) is 19.0. The first kappa shape index (κ1) is 24.8. The van der Waals surface area contributed by atoms with Crippen molar-refractivity contribution in [2.75, 3.05) is 13.2 Å². The fourth-order valence-electron chi connectivity index (χ4n) is 2.84. The van der Waals surface area contributed by atoms with Crippen molar-refractivity contribution in [2.24, 2.45) is 10.2 Å². The molecule has 2 aromatic carbocycles. The highest BCUT2D eigenvalue weighted by Crippen LogP contribution is 2.29. The number of phenols is 2. The first-order valence-corrected chi connectivity index (χ1v) is 10.6. The second kappa shape index (κ2) is 11.9. The minimum Gasteiger partial charge on any atom is -0.504 e. The number of hydrogen-bond donors (Lipinski definition) is 4. The number of benzene rings is 2. The van der Waals surface area contributed by atoms with Crippen LogP contribution >= 0.6 is 0 Å². The lowest BCUT2D eigenvalue weighted by atomic mass is 10.2. The summed E-state index contributed by atoms with van der Waals surface area (Å²) in [5, 5.41) is 27.9. The van der Waals surface area contributed by atoms with Crippen molar-refractivity contribution in [3.8, 4) is 23.0 Å². The number of nitrogens with zero attached hydrogens (tertiary/aromatic N) is 2. The SMILES string of the molecule is CCOc1cccc(/C=N/NC(=O)c2ccc(C(=O)N/N=C/c3cccc(OCC)c3O)o2)c1O. The van der Waals surface area contributed by atoms with E-state index in [1.165, 1.54) is 24.6 Å². The summed E-state index contributed by atoms with van der Waals surface area (Å²) in [6.45, 7) is 4.34. The number of amides is 2. The minimum absolute atomic E-state index is 0.109. The summed E-state index contributed by atoms with van der Waals surface area (Å²) in [6, 6.07) is 12.3. The molecule has 182 valence electrons. The van der Waals surface area contributed by atoms with Crippen molar-refractivity contribution in [3.05, 3.63) is 71.2 Å². The van der Waals surface area contributed by atoms with Gasteiger partial charge in [0.1, 0.15) is 0 Å². The van der Waals surface area contributed by atoms with Crippen LogP contribution < -0.4 is 20.3 Å². The number of rotatable bonds is 10. The molecule has 0 aliphatic heterocycles. The van der Waals surface area contributed by atoms with Crippen LogP contribution in [0.3, 0.4) is 0 Å². The van der Waals surface area contributed by atoms with Crippen molar-refractivity contribution in [1.82, 2.24) is 10.9 Å². The quantitative estimate of drug-likeness (QED) is 0.257. The fourth-order valence-corrected chi connectivity index (χ4v) is 2.84. The number of carbonyl (C=O) groups is 2. The summed E-state index contributed by atoms with van der Waals surface area (Å²) in [5.74, 6) is -1.36. The second-order valence-corrected chi connectivity index (χ2v) is 6.82. The van der Waals surface area contributed by atoms with Gasteiger partial charge in [0, 0.05) is 11.1 Å². The van der Waals surface area contributed by atoms with Gasteiger partial charge in [0.15, 0.2) is 34.5 Å². The molecule has 2 amide bonds. The van der Waals surface area contributed by atoms with E-state index in [2.05, 4.69) is 21.1 Å². The van der Waals surface area contributed by atoms with E-state index in [1.54, 1.807) is 50.2 Å². The lowest BCUT2D eigenvalue weighted by molar-refractivity contribution is 0.0902. The molecular formula is C24H24N4O7. The zero-order chi connectivity index (χ0) is 25.2. The number of hydrogen-bond acceptors (Lipinski definition) is 9. The van der Waals surface area contributed by atoms with E-state index in [1.807, 2.05) is 0 Å². The first-order chi connectivity index (χ1) is 16.9. The average molecular weight is 480 g/mol. The molecule has 3 aromatic rings. The van der Waals surface area contributed by atoms with Gasteiger partial charge in [-0.3, -0.25) is 9.59 Å². The average Bonchev–Trinajstić information content (AvgIpc) is 3.34. The van der Waals surface area contributed by atoms with Crippen molar-refractivity contribution in [2.45, 2.75) is 13.8 Å². The monoisotopic (exact) mass is 480 g/mol. The molecular weight excluding hydrogens is 456 g/mol. The molecule has 0 bridgehead atoms. The Balaban J connectivity index is 1.58. The van der Waals surface area contributed by atoms with E-state index in [-0.39, 0.29) is 23.0 Å². The second-order valence-electron chi connectivity index (χ2n) is 6.82. The molecule has 0 radical (unpaired) electrons. The van der Waals surface area contributed by atoms with Crippen LogP contribution in [-0.2, 0) is 0 Å². The number of furan rings is 1. The predicted molar refractivity (Wildman–Crippen MR) is 127 cm³/mol. The summed E-state index contributed by atoms with van der Waals surface area (Å²) in [5.41, 5.74) is 5.18. The largest absolute Gasteiger partial charge is 0.504 e. The molecule has 1 aromatic heterocycles. The molecule has 4 N–H and O–H groups in total. The lowest BCUT2D eigenvalue weighted by Gasteiger charge is -2.07. The first-order valence-electron chi connectivity index (χ1n) is 10.6. The van der Waals surface area contributed by atoms with Crippen LogP contribution in [-0.4, -0.2) is 47.7 Å². The number of para-hydroxylation sites is 2. The van der Waals surface area contributed by atoms with Gasteiger partial charge in [0.05, 0.1) is 25.6 Å². The maximum Gasteiger partial charge on any atom is 0.307 e. The lowest BCUT2D eigenvalue weighted by Crippen LogP contribution is -2.18. The topological polar surface area (TPSA) is 155 Å². The van der Waals surface area contributed by atoms with Crippen molar-refractivity contribution in [1.29, 1.82) is 0 Å². The van der Waals surface area contributed by atoms with Gasteiger partial charge < -0.3 is 24.1 Å². The smallest absolute Gasteiger partial charge is 0.307 e. The van der Waals surface area contributed by atoms with E-state index < -0.39 is 11.8 Å². The van der Waals surface area contributed by atoms with Crippen LogP contribution in [0.2, 0.25) is 0 Å². The molecule has 11 nitrogen and oxygen atoms in total. The van der Waals surface area contributed by atoms with Gasteiger partial charge in [0.2, 0.25) is 0 Å². The third kappa shape index (κ3) is 6.38. The van der Waals surface area contributed by atoms with E-state index in [0.717, 1.165) is 0 Å². The molecule has 0 aliphatic carbocycles. The number of aromatic hydroxyl groups is 2. The Morgan fingerprint density at radius 2 is 1.23 bits per heavy atom. The number of carbonyl (C=O) groups excluding carboxylic acids is 2. The highest BCUT2D eigenvalue weighted by molar-refractivity contribution is 5.96. The molecule has 1 heterocycles. The van der Waals surface area contributed by atoms with E-state index in [0.29, 0.717) is 35.8 Å². The summed E-state index contributed by atoms with van der Waals surface area (Å²) in [6.07, 6.45) is 2.49. The Bertz CT molecular complexity index is 1160. The van der Waals surface area contributed by atoms with Crippen LogP contribution in [0.15, 0.2) is 63.2 Å². The molecule has 0 atom stereocenters. The maximum absolute atomic E-state index is 12.2. The Morgan fingerprint density at radius 1 is 0.800 bits per heavy atom. The molecule has 0 saturated carbocycles. The van der Waals surface area contributed by atoms with Crippen LogP contribution in [0.1, 0.15) is 46.1 Å². The molecule has 3 rings (SSSR count). The number of nitrogens with one attached hydrogen (secondary N) is 2. The van der Waals surface area contributed by atoms with Crippen molar-refractivity contribution in [3.63, 3.8) is 0 Å². The van der Waals surface area contributed by atoms with Gasteiger partial charge in [-0.1, -0.05) is 12.1 Å². The summed E-state index contributed by atoms with van der Waals surface area (Å²) in [4.78, 5) is 24.5. The standard InChI is InChI=1S/C24H24N4O7/c1-3-33-17-9-5-7-15(21(17)29)13-25-27-23(31)19-11-12-20(35-19)24(32)28-26-14-16-8-6-10-18(22(16)30)34-4-2/h5-14,29-30H,3-4H2,1-2H3,(H,27,31)(H,28,32)/b25-13+,26-14+. The molecule has 0 saturated heterocycles. The Morgan fingerprint density at radius 3 is 1.63 bits per heavy atom. The van der Waals surface area contributed by atoms with Gasteiger partial charge >= 0.3 is 11.8 Å². The predicted octanol–water partition coefficient (Wildman–Crippen LogP) is 3.02. The highest BCUT2D eigenvalue weighted by atomic mass is 16.5. The van der Waals surface area contributed by atoms with Crippen LogP contribution in [0, 0.1) is 0 Å². The van der Waals surface area contributed by atoms with Gasteiger partial charge in [-0.05, 0) is 50.2 Å². The summed E-state index contributed by atoms with van der Waals surface area (Å²) in [7, 11) is 0. The highest BCUT2D eigenvalue weighted by Gasteiger charge is 2.15. The molecule has 0 aliphatic rings. The van der Waals surface area contributed by atoms with Crippen molar-refractivity contribution >= 4 is 24.2 Å². The maximum atomic E-state index is 12.2. The Kier molecular flexibility index (Phi) is 8.43. The normalized spacial score (nSPS) is 11.0. The Hall–Kier alpha value is -4.80.